The summed E-state index contributed by atoms with van der Waals surface area (Å²) in [5.41, 5.74) is 3.74. The van der Waals surface area contributed by atoms with Crippen LogP contribution in [-0.4, -0.2) is 36.2 Å². The molecule has 0 heterocycles. The van der Waals surface area contributed by atoms with Gasteiger partial charge < -0.3 is 14.2 Å². The molecule has 0 bridgehead atoms. The zero-order valence-electron chi connectivity index (χ0n) is 19.1. The molecule has 10 nitrogen and oxygen atoms in total. The Kier molecular flexibility index (Phi) is 8.49. The van der Waals surface area contributed by atoms with Crippen LogP contribution in [0.5, 0.6) is 17.2 Å². The minimum Gasteiger partial charge on any atom is -0.490 e. The summed E-state index contributed by atoms with van der Waals surface area (Å²) in [6.07, 6.45) is 1.37. The molecule has 1 N–H and O–H groups in total. The van der Waals surface area contributed by atoms with E-state index in [9.17, 15) is 19.7 Å². The molecule has 0 aliphatic carbocycles. The number of carbonyl (C=O) groups excluding carboxylic acids is 2. The van der Waals surface area contributed by atoms with Gasteiger partial charge in [0.2, 0.25) is 0 Å². The normalized spacial score (nSPS) is 10.6. The van der Waals surface area contributed by atoms with Crippen LogP contribution in [0.15, 0.2) is 71.8 Å². The Hall–Kier alpha value is -4.73. The van der Waals surface area contributed by atoms with E-state index in [1.54, 1.807) is 68.4 Å². The monoisotopic (exact) mass is 477 g/mol. The predicted molar refractivity (Wildman–Crippen MR) is 128 cm³/mol. The van der Waals surface area contributed by atoms with Gasteiger partial charge in [0.1, 0.15) is 0 Å². The van der Waals surface area contributed by atoms with Crippen molar-refractivity contribution in [3.05, 3.63) is 93.5 Å². The Morgan fingerprint density at radius 2 is 1.74 bits per heavy atom. The number of nitrogens with one attached hydrogen (secondary N) is 1. The summed E-state index contributed by atoms with van der Waals surface area (Å²) in [6.45, 7) is 3.40. The molecule has 180 valence electrons. The zero-order valence-corrected chi connectivity index (χ0v) is 19.1. The van der Waals surface area contributed by atoms with E-state index in [2.05, 4.69) is 10.5 Å². The van der Waals surface area contributed by atoms with Gasteiger partial charge in [-0.15, -0.1) is 0 Å². The first-order valence-corrected chi connectivity index (χ1v) is 10.6. The number of ether oxygens (including phenoxy) is 3. The van der Waals surface area contributed by atoms with Crippen molar-refractivity contribution >= 4 is 23.8 Å². The summed E-state index contributed by atoms with van der Waals surface area (Å²) in [5, 5.41) is 15.0. The van der Waals surface area contributed by atoms with Crippen LogP contribution in [0.4, 0.5) is 5.69 Å². The number of hydrogen-bond donors (Lipinski definition) is 1. The van der Waals surface area contributed by atoms with Crippen LogP contribution >= 0.6 is 0 Å². The standard InChI is InChI=1S/C25H23N3O7/c1-3-33-23-14-18(10-12-22(23)35-25(30)19-7-5-4-6-8-19)15-26-27-24(29)16-34-21-11-9-17(2)13-20(21)28(31)32/h4-15H,3,16H2,1-2H3,(H,27,29). The lowest BCUT2D eigenvalue weighted by Crippen LogP contribution is -2.24. The maximum absolute atomic E-state index is 12.3. The number of hydrogen-bond acceptors (Lipinski definition) is 8. The summed E-state index contributed by atoms with van der Waals surface area (Å²) in [7, 11) is 0. The number of esters is 1. The highest BCUT2D eigenvalue weighted by Crippen LogP contribution is 2.29. The van der Waals surface area contributed by atoms with Crippen molar-refractivity contribution in [2.75, 3.05) is 13.2 Å². The van der Waals surface area contributed by atoms with E-state index in [1.807, 2.05) is 0 Å². The summed E-state index contributed by atoms with van der Waals surface area (Å²) in [6, 6.07) is 17.8. The van der Waals surface area contributed by atoms with Gasteiger partial charge >= 0.3 is 11.7 Å². The number of benzene rings is 3. The summed E-state index contributed by atoms with van der Waals surface area (Å²) in [4.78, 5) is 34.9. The van der Waals surface area contributed by atoms with Gasteiger partial charge in [-0.25, -0.2) is 10.2 Å². The van der Waals surface area contributed by atoms with Gasteiger partial charge in [0.05, 0.1) is 23.3 Å². The molecule has 0 aliphatic heterocycles. The Bertz CT molecular complexity index is 1240. The molecule has 0 aliphatic rings. The van der Waals surface area contributed by atoms with Gasteiger partial charge in [-0.2, -0.15) is 5.10 Å². The minimum absolute atomic E-state index is 0.0123. The number of carbonyl (C=O) groups is 2. The summed E-state index contributed by atoms with van der Waals surface area (Å²) >= 11 is 0. The fraction of sp³-hybridized carbons (Fsp3) is 0.160. The molecular weight excluding hydrogens is 454 g/mol. The molecule has 0 radical (unpaired) electrons. The molecule has 35 heavy (non-hydrogen) atoms. The molecular formula is C25H23N3O7. The molecule has 0 fully saturated rings. The highest BCUT2D eigenvalue weighted by atomic mass is 16.6. The van der Waals surface area contributed by atoms with Crippen molar-refractivity contribution in [2.45, 2.75) is 13.8 Å². The summed E-state index contributed by atoms with van der Waals surface area (Å²) < 4.78 is 16.3. The van der Waals surface area contributed by atoms with Crippen molar-refractivity contribution < 1.29 is 28.7 Å². The highest BCUT2D eigenvalue weighted by Gasteiger charge is 2.16. The van der Waals surface area contributed by atoms with Crippen molar-refractivity contribution in [1.82, 2.24) is 5.43 Å². The molecule has 10 heteroatoms. The maximum Gasteiger partial charge on any atom is 0.343 e. The second-order valence-electron chi connectivity index (χ2n) is 7.20. The van der Waals surface area contributed by atoms with Crippen molar-refractivity contribution in [1.29, 1.82) is 0 Å². The molecule has 0 unspecified atom stereocenters. The molecule has 0 saturated heterocycles. The number of nitro benzene ring substituents is 1. The molecule has 3 aromatic carbocycles. The average molecular weight is 477 g/mol. The fourth-order valence-electron chi connectivity index (χ4n) is 2.94. The number of rotatable bonds is 10. The maximum atomic E-state index is 12.3. The average Bonchev–Trinajstić information content (AvgIpc) is 2.85. The lowest BCUT2D eigenvalue weighted by Gasteiger charge is -2.11. The van der Waals surface area contributed by atoms with Crippen LogP contribution < -0.4 is 19.6 Å². The van der Waals surface area contributed by atoms with Gasteiger partial charge in [-0.1, -0.05) is 24.3 Å². The molecule has 0 aromatic heterocycles. The van der Waals surface area contributed by atoms with Crippen LogP contribution in [0.1, 0.15) is 28.4 Å². The highest BCUT2D eigenvalue weighted by molar-refractivity contribution is 5.91. The molecule has 1 amide bonds. The predicted octanol–water partition coefficient (Wildman–Crippen LogP) is 4.05. The molecule has 0 saturated carbocycles. The quantitative estimate of drug-likeness (QED) is 0.153. The molecule has 3 aromatic rings. The molecule has 3 rings (SSSR count). The van der Waals surface area contributed by atoms with Crippen molar-refractivity contribution in [2.24, 2.45) is 5.10 Å². The van der Waals surface area contributed by atoms with Crippen LogP contribution in [0.2, 0.25) is 0 Å². The molecule has 0 atom stereocenters. The fourth-order valence-corrected chi connectivity index (χ4v) is 2.94. The zero-order chi connectivity index (χ0) is 25.2. The lowest BCUT2D eigenvalue weighted by atomic mass is 10.2. The van der Waals surface area contributed by atoms with E-state index >= 15 is 0 Å². The van der Waals surface area contributed by atoms with E-state index < -0.39 is 23.4 Å². The second kappa shape index (κ2) is 11.9. The van der Waals surface area contributed by atoms with Gasteiger partial charge in [0.15, 0.2) is 23.9 Å². The van der Waals surface area contributed by atoms with E-state index in [0.717, 1.165) is 0 Å². The topological polar surface area (TPSA) is 129 Å². The van der Waals surface area contributed by atoms with Gasteiger partial charge in [0.25, 0.3) is 5.91 Å². The van der Waals surface area contributed by atoms with Crippen LogP contribution in [-0.2, 0) is 4.79 Å². The first kappa shape index (κ1) is 24.9. The Balaban J connectivity index is 1.60. The van der Waals surface area contributed by atoms with Crippen molar-refractivity contribution in [3.8, 4) is 17.2 Å². The number of hydrazone groups is 1. The Labute approximate surface area is 201 Å². The smallest absolute Gasteiger partial charge is 0.343 e. The van der Waals surface area contributed by atoms with Gasteiger partial charge in [-0.3, -0.25) is 14.9 Å². The third-order valence-corrected chi connectivity index (χ3v) is 4.55. The van der Waals surface area contributed by atoms with E-state index in [0.29, 0.717) is 29.0 Å². The second-order valence-corrected chi connectivity index (χ2v) is 7.20. The number of nitrogens with zero attached hydrogens (tertiary/aromatic N) is 2. The number of aryl methyl sites for hydroxylation is 1. The van der Waals surface area contributed by atoms with E-state index in [4.69, 9.17) is 14.2 Å². The lowest BCUT2D eigenvalue weighted by molar-refractivity contribution is -0.385. The first-order valence-electron chi connectivity index (χ1n) is 10.6. The van der Waals surface area contributed by atoms with E-state index in [-0.39, 0.29) is 17.2 Å². The van der Waals surface area contributed by atoms with E-state index in [1.165, 1.54) is 18.3 Å². The van der Waals surface area contributed by atoms with Crippen molar-refractivity contribution in [3.63, 3.8) is 0 Å². The Morgan fingerprint density at radius 3 is 2.46 bits per heavy atom. The third-order valence-electron chi connectivity index (χ3n) is 4.55. The third kappa shape index (κ3) is 7.13. The van der Waals surface area contributed by atoms with Gasteiger partial charge in [0, 0.05) is 6.07 Å². The van der Waals surface area contributed by atoms with Crippen LogP contribution in [0.3, 0.4) is 0 Å². The molecule has 0 spiro atoms. The SMILES string of the molecule is CCOc1cc(C=NNC(=O)COc2ccc(C)cc2[N+](=O)[O-])ccc1OC(=O)c1ccccc1. The van der Waals surface area contributed by atoms with Gasteiger partial charge in [-0.05, 0) is 61.4 Å². The van der Waals surface area contributed by atoms with Crippen LogP contribution in [0.25, 0.3) is 0 Å². The number of amides is 1. The Morgan fingerprint density at radius 1 is 1.00 bits per heavy atom. The first-order chi connectivity index (χ1) is 16.9. The number of nitro groups is 1. The summed E-state index contributed by atoms with van der Waals surface area (Å²) in [5.74, 6) is -0.553. The van der Waals surface area contributed by atoms with Crippen LogP contribution in [0, 0.1) is 17.0 Å². The minimum atomic E-state index is -0.602. The largest absolute Gasteiger partial charge is 0.490 e.